The van der Waals surface area contributed by atoms with E-state index in [4.69, 9.17) is 4.74 Å². The first-order valence-corrected chi connectivity index (χ1v) is 5.17. The predicted molar refractivity (Wildman–Crippen MR) is 51.3 cm³/mol. The lowest BCUT2D eigenvalue weighted by Gasteiger charge is -2.21. The molecule has 0 saturated carbocycles. The highest BCUT2D eigenvalue weighted by Crippen LogP contribution is 2.19. The first-order valence-electron chi connectivity index (χ1n) is 5.17. The van der Waals surface area contributed by atoms with E-state index < -0.39 is 0 Å². The second kappa shape index (κ2) is 5.55. The van der Waals surface area contributed by atoms with Gasteiger partial charge in [-0.05, 0) is 52.1 Å². The molecule has 1 fully saturated rings. The zero-order valence-electron chi connectivity index (χ0n) is 8.31. The molecule has 0 aromatic heterocycles. The molecule has 1 rings (SSSR count). The fraction of sp³-hybridized carbons (Fsp3) is 1.00. The summed E-state index contributed by atoms with van der Waals surface area (Å²) in [6, 6.07) is 0. The molecule has 1 N–H and O–H groups in total. The molecule has 0 amide bonds. The molecule has 1 aliphatic heterocycles. The lowest BCUT2D eigenvalue weighted by atomic mass is 9.95. The molecular formula is C10H21NO. The lowest BCUT2D eigenvalue weighted by molar-refractivity contribution is 0.0290. The maximum Gasteiger partial charge on any atom is 0.0575 e. The highest BCUT2D eigenvalue weighted by molar-refractivity contribution is 4.71. The third-order valence-corrected chi connectivity index (χ3v) is 2.71. The maximum atomic E-state index is 5.61. The monoisotopic (exact) mass is 171 g/mol. The summed E-state index contributed by atoms with van der Waals surface area (Å²) in [6.45, 7) is 7.49. The van der Waals surface area contributed by atoms with Crippen LogP contribution in [0.4, 0.5) is 0 Å². The van der Waals surface area contributed by atoms with Gasteiger partial charge in [-0.15, -0.1) is 0 Å². The molecule has 1 aliphatic rings. The van der Waals surface area contributed by atoms with E-state index >= 15 is 0 Å². The van der Waals surface area contributed by atoms with Crippen molar-refractivity contribution in [2.45, 2.75) is 39.2 Å². The fourth-order valence-electron chi connectivity index (χ4n) is 1.91. The Morgan fingerprint density at radius 1 is 1.42 bits per heavy atom. The van der Waals surface area contributed by atoms with Crippen molar-refractivity contribution in [3.05, 3.63) is 0 Å². The van der Waals surface area contributed by atoms with Gasteiger partial charge in [0.25, 0.3) is 0 Å². The van der Waals surface area contributed by atoms with Gasteiger partial charge >= 0.3 is 0 Å². The van der Waals surface area contributed by atoms with Crippen LogP contribution in [-0.4, -0.2) is 25.8 Å². The van der Waals surface area contributed by atoms with Crippen molar-refractivity contribution < 1.29 is 4.74 Å². The summed E-state index contributed by atoms with van der Waals surface area (Å²) in [4.78, 5) is 0. The third-order valence-electron chi connectivity index (χ3n) is 2.71. The van der Waals surface area contributed by atoms with Crippen LogP contribution in [0.25, 0.3) is 0 Å². The van der Waals surface area contributed by atoms with Gasteiger partial charge in [0.15, 0.2) is 0 Å². The Labute approximate surface area is 75.7 Å². The molecule has 12 heavy (non-hydrogen) atoms. The molecule has 1 heterocycles. The van der Waals surface area contributed by atoms with E-state index in [1.54, 1.807) is 0 Å². The van der Waals surface area contributed by atoms with Crippen LogP contribution < -0.4 is 5.32 Å². The van der Waals surface area contributed by atoms with Gasteiger partial charge in [-0.25, -0.2) is 0 Å². The van der Waals surface area contributed by atoms with E-state index in [9.17, 15) is 0 Å². The van der Waals surface area contributed by atoms with E-state index in [0.29, 0.717) is 6.10 Å². The number of rotatable bonds is 3. The van der Waals surface area contributed by atoms with Gasteiger partial charge < -0.3 is 10.1 Å². The zero-order valence-corrected chi connectivity index (χ0v) is 8.31. The minimum Gasteiger partial charge on any atom is -0.379 e. The topological polar surface area (TPSA) is 21.3 Å². The van der Waals surface area contributed by atoms with Gasteiger partial charge in [-0.1, -0.05) is 0 Å². The minimum absolute atomic E-state index is 0.454. The van der Waals surface area contributed by atoms with Crippen molar-refractivity contribution in [3.63, 3.8) is 0 Å². The van der Waals surface area contributed by atoms with Crippen molar-refractivity contribution in [2.75, 3.05) is 19.7 Å². The number of ether oxygens (including phenoxy) is 1. The molecule has 0 aromatic carbocycles. The Morgan fingerprint density at radius 2 is 2.25 bits per heavy atom. The summed E-state index contributed by atoms with van der Waals surface area (Å²) in [7, 11) is 0. The van der Waals surface area contributed by atoms with Crippen molar-refractivity contribution in [2.24, 2.45) is 5.92 Å². The molecule has 2 unspecified atom stereocenters. The Morgan fingerprint density at radius 3 is 3.00 bits per heavy atom. The van der Waals surface area contributed by atoms with E-state index in [-0.39, 0.29) is 0 Å². The Bertz CT molecular complexity index is 108. The van der Waals surface area contributed by atoms with Crippen molar-refractivity contribution in [1.29, 1.82) is 0 Å². The van der Waals surface area contributed by atoms with Crippen LogP contribution in [0.3, 0.4) is 0 Å². The highest BCUT2D eigenvalue weighted by Gasteiger charge is 2.18. The van der Waals surface area contributed by atoms with E-state index in [0.717, 1.165) is 12.5 Å². The first kappa shape index (κ1) is 10.0. The number of hydrogen-bond acceptors (Lipinski definition) is 2. The molecule has 0 radical (unpaired) electrons. The minimum atomic E-state index is 0.454. The average Bonchev–Trinajstić information content (AvgIpc) is 2.32. The quantitative estimate of drug-likeness (QED) is 0.699. The molecule has 2 nitrogen and oxygen atoms in total. The Hall–Kier alpha value is -0.0800. The summed E-state index contributed by atoms with van der Waals surface area (Å²) in [5, 5.41) is 3.42. The summed E-state index contributed by atoms with van der Waals surface area (Å²) >= 11 is 0. The smallest absolute Gasteiger partial charge is 0.0575 e. The summed E-state index contributed by atoms with van der Waals surface area (Å²) in [5.41, 5.74) is 0. The highest BCUT2D eigenvalue weighted by atomic mass is 16.5. The number of hydrogen-bond donors (Lipinski definition) is 1. The van der Waals surface area contributed by atoms with Gasteiger partial charge in [0.05, 0.1) is 6.10 Å². The molecule has 2 atom stereocenters. The molecule has 0 spiro atoms. The van der Waals surface area contributed by atoms with Gasteiger partial charge in [-0.3, -0.25) is 0 Å². The second-order valence-electron chi connectivity index (χ2n) is 3.60. The van der Waals surface area contributed by atoms with Crippen molar-refractivity contribution >= 4 is 0 Å². The number of nitrogens with one attached hydrogen (secondary N) is 1. The molecule has 2 heteroatoms. The zero-order chi connectivity index (χ0) is 8.81. The largest absolute Gasteiger partial charge is 0.379 e. The Kier molecular flexibility index (Phi) is 4.62. The van der Waals surface area contributed by atoms with Gasteiger partial charge in [0.2, 0.25) is 0 Å². The van der Waals surface area contributed by atoms with Crippen molar-refractivity contribution in [1.82, 2.24) is 5.32 Å². The van der Waals surface area contributed by atoms with E-state index in [1.165, 1.54) is 32.4 Å². The van der Waals surface area contributed by atoms with E-state index in [2.05, 4.69) is 19.2 Å². The lowest BCUT2D eigenvalue weighted by Crippen LogP contribution is -2.22. The SMILES string of the molecule is CCOC(C)C1CCCNCC1. The van der Waals surface area contributed by atoms with Crippen LogP contribution in [0.15, 0.2) is 0 Å². The van der Waals surface area contributed by atoms with Crippen LogP contribution in [0, 0.1) is 5.92 Å². The Balaban J connectivity index is 2.27. The molecule has 0 bridgehead atoms. The first-order chi connectivity index (χ1) is 5.84. The van der Waals surface area contributed by atoms with Gasteiger partial charge in [-0.2, -0.15) is 0 Å². The van der Waals surface area contributed by atoms with Crippen LogP contribution in [-0.2, 0) is 4.74 Å². The maximum absolute atomic E-state index is 5.61. The molecular weight excluding hydrogens is 150 g/mol. The summed E-state index contributed by atoms with van der Waals surface area (Å²) in [6.07, 6.45) is 4.37. The predicted octanol–water partition coefficient (Wildman–Crippen LogP) is 1.80. The molecule has 0 aromatic rings. The van der Waals surface area contributed by atoms with E-state index in [1.807, 2.05) is 0 Å². The normalized spacial score (nSPS) is 28.0. The summed E-state index contributed by atoms with van der Waals surface area (Å²) in [5.74, 6) is 0.778. The summed E-state index contributed by atoms with van der Waals surface area (Å²) < 4.78 is 5.61. The molecule has 72 valence electrons. The molecule has 0 aliphatic carbocycles. The average molecular weight is 171 g/mol. The molecule has 1 saturated heterocycles. The van der Waals surface area contributed by atoms with Gasteiger partial charge in [0.1, 0.15) is 0 Å². The van der Waals surface area contributed by atoms with Crippen LogP contribution in [0.2, 0.25) is 0 Å². The third kappa shape index (κ3) is 3.11. The van der Waals surface area contributed by atoms with Crippen LogP contribution in [0.1, 0.15) is 33.1 Å². The fourth-order valence-corrected chi connectivity index (χ4v) is 1.91. The standard InChI is InChI=1S/C10H21NO/c1-3-12-9(2)10-5-4-7-11-8-6-10/h9-11H,3-8H2,1-2H3. The van der Waals surface area contributed by atoms with Crippen molar-refractivity contribution in [3.8, 4) is 0 Å². The van der Waals surface area contributed by atoms with Crippen LogP contribution >= 0.6 is 0 Å². The van der Waals surface area contributed by atoms with Gasteiger partial charge in [0, 0.05) is 6.61 Å². The van der Waals surface area contributed by atoms with Crippen LogP contribution in [0.5, 0.6) is 0 Å². The second-order valence-corrected chi connectivity index (χ2v) is 3.60.